The molecular formula is C11H15NO2. The largest absolute Gasteiger partial charge is 0.481 e. The van der Waals surface area contributed by atoms with Gasteiger partial charge in [-0.25, -0.2) is 0 Å². The minimum absolute atomic E-state index is 0.0369. The van der Waals surface area contributed by atoms with Crippen molar-refractivity contribution in [3.05, 3.63) is 35.9 Å². The predicted octanol–water partition coefficient (Wildman–Crippen LogP) is 1.28. The van der Waals surface area contributed by atoms with Gasteiger partial charge in [0.05, 0.1) is 0 Å². The van der Waals surface area contributed by atoms with Crippen LogP contribution in [-0.4, -0.2) is 17.6 Å². The van der Waals surface area contributed by atoms with Gasteiger partial charge in [-0.3, -0.25) is 4.79 Å². The van der Waals surface area contributed by atoms with Crippen LogP contribution >= 0.6 is 0 Å². The summed E-state index contributed by atoms with van der Waals surface area (Å²) in [7, 11) is 0. The van der Waals surface area contributed by atoms with E-state index in [4.69, 9.17) is 10.8 Å². The zero-order valence-electron chi connectivity index (χ0n) is 8.02. The van der Waals surface area contributed by atoms with E-state index in [2.05, 4.69) is 0 Å². The average Bonchev–Trinajstić information content (AvgIpc) is 2.17. The number of nitrogens with two attached hydrogens (primary N) is 1. The molecule has 3 heteroatoms. The summed E-state index contributed by atoms with van der Waals surface area (Å²) in [6, 6.07) is 9.82. The second kappa shape index (κ2) is 5.40. The Kier molecular flexibility index (Phi) is 4.13. The van der Waals surface area contributed by atoms with Crippen LogP contribution < -0.4 is 5.73 Å². The third kappa shape index (κ3) is 3.58. The van der Waals surface area contributed by atoms with Gasteiger partial charge >= 0.3 is 5.97 Å². The fourth-order valence-electron chi connectivity index (χ4n) is 1.43. The van der Waals surface area contributed by atoms with E-state index in [9.17, 15) is 4.79 Å². The highest BCUT2D eigenvalue weighted by Gasteiger charge is 2.11. The number of carboxylic acid groups (broad SMARTS) is 1. The maximum Gasteiger partial charge on any atom is 0.303 e. The monoisotopic (exact) mass is 193 g/mol. The highest BCUT2D eigenvalue weighted by molar-refractivity contribution is 5.67. The van der Waals surface area contributed by atoms with Crippen LogP contribution in [0, 0.1) is 5.92 Å². The van der Waals surface area contributed by atoms with Gasteiger partial charge in [0.1, 0.15) is 0 Å². The van der Waals surface area contributed by atoms with Crippen LogP contribution in [0.25, 0.3) is 0 Å². The van der Waals surface area contributed by atoms with Gasteiger partial charge < -0.3 is 10.8 Å². The summed E-state index contributed by atoms with van der Waals surface area (Å²) >= 11 is 0. The first-order chi connectivity index (χ1) is 6.72. The van der Waals surface area contributed by atoms with Crippen molar-refractivity contribution in [1.82, 2.24) is 0 Å². The van der Waals surface area contributed by atoms with Crippen LogP contribution in [0.15, 0.2) is 30.3 Å². The van der Waals surface area contributed by atoms with Crippen LogP contribution in [0.1, 0.15) is 12.0 Å². The molecule has 0 spiro atoms. The van der Waals surface area contributed by atoms with Gasteiger partial charge in [0.15, 0.2) is 0 Å². The Morgan fingerprint density at radius 2 is 2.00 bits per heavy atom. The molecule has 1 aromatic carbocycles. The smallest absolute Gasteiger partial charge is 0.303 e. The molecule has 0 unspecified atom stereocenters. The molecule has 0 amide bonds. The first-order valence-electron chi connectivity index (χ1n) is 4.68. The molecule has 1 aromatic rings. The lowest BCUT2D eigenvalue weighted by molar-refractivity contribution is -0.138. The number of rotatable bonds is 5. The summed E-state index contributed by atoms with van der Waals surface area (Å²) in [5.74, 6) is -0.744. The number of aliphatic carboxylic acids is 1. The molecule has 1 atom stereocenters. The van der Waals surface area contributed by atoms with E-state index < -0.39 is 5.97 Å². The summed E-state index contributed by atoms with van der Waals surface area (Å²) in [6.07, 6.45) is 0.884. The molecule has 0 aliphatic rings. The zero-order chi connectivity index (χ0) is 10.4. The molecule has 0 saturated heterocycles. The minimum atomic E-state index is -0.781. The second-order valence-corrected chi connectivity index (χ2v) is 3.39. The standard InChI is InChI=1S/C11H15NO2/c12-8-10(7-11(13)14)6-9-4-2-1-3-5-9/h1-5,10H,6-8,12H2,(H,13,14)/t10-/m0/s1. The van der Waals surface area contributed by atoms with Crippen LogP contribution in [0.5, 0.6) is 0 Å². The highest BCUT2D eigenvalue weighted by Crippen LogP contribution is 2.10. The van der Waals surface area contributed by atoms with E-state index in [1.54, 1.807) is 0 Å². The molecule has 3 N–H and O–H groups in total. The fraction of sp³-hybridized carbons (Fsp3) is 0.364. The summed E-state index contributed by atoms with van der Waals surface area (Å²) in [5, 5.41) is 8.64. The molecule has 0 aromatic heterocycles. The Labute approximate surface area is 83.6 Å². The number of benzene rings is 1. The lowest BCUT2D eigenvalue weighted by atomic mass is 9.96. The van der Waals surface area contributed by atoms with Crippen molar-refractivity contribution in [1.29, 1.82) is 0 Å². The highest BCUT2D eigenvalue weighted by atomic mass is 16.4. The molecule has 0 heterocycles. The van der Waals surface area contributed by atoms with E-state index in [1.807, 2.05) is 30.3 Å². The topological polar surface area (TPSA) is 63.3 Å². The van der Waals surface area contributed by atoms with Gasteiger partial charge in [-0.2, -0.15) is 0 Å². The zero-order valence-corrected chi connectivity index (χ0v) is 8.02. The molecule has 0 saturated carbocycles. The first kappa shape index (κ1) is 10.7. The maximum absolute atomic E-state index is 10.5. The van der Waals surface area contributed by atoms with Gasteiger partial charge in [-0.05, 0) is 24.4 Å². The quantitative estimate of drug-likeness (QED) is 0.740. The van der Waals surface area contributed by atoms with Gasteiger partial charge in [-0.15, -0.1) is 0 Å². The molecule has 0 aliphatic heterocycles. The van der Waals surface area contributed by atoms with Crippen LogP contribution in [-0.2, 0) is 11.2 Å². The van der Waals surface area contributed by atoms with Crippen molar-refractivity contribution >= 4 is 5.97 Å². The van der Waals surface area contributed by atoms with Gasteiger partial charge in [0.25, 0.3) is 0 Å². The second-order valence-electron chi connectivity index (χ2n) is 3.39. The molecule has 76 valence electrons. The number of carboxylic acids is 1. The minimum Gasteiger partial charge on any atom is -0.481 e. The SMILES string of the molecule is NC[C@H](CC(=O)O)Cc1ccccc1. The number of hydrogen-bond acceptors (Lipinski definition) is 2. The Morgan fingerprint density at radius 3 is 2.50 bits per heavy atom. The lowest BCUT2D eigenvalue weighted by Crippen LogP contribution is -2.20. The summed E-state index contributed by atoms with van der Waals surface area (Å²) in [6.45, 7) is 0.418. The van der Waals surface area contributed by atoms with E-state index in [0.717, 1.165) is 12.0 Å². The van der Waals surface area contributed by atoms with E-state index >= 15 is 0 Å². The first-order valence-corrected chi connectivity index (χ1v) is 4.68. The van der Waals surface area contributed by atoms with Crippen molar-refractivity contribution in [3.8, 4) is 0 Å². The van der Waals surface area contributed by atoms with Gasteiger partial charge in [0.2, 0.25) is 0 Å². The van der Waals surface area contributed by atoms with Crippen molar-refractivity contribution < 1.29 is 9.90 Å². The molecule has 0 aliphatic carbocycles. The van der Waals surface area contributed by atoms with E-state index in [0.29, 0.717) is 6.54 Å². The molecule has 0 radical (unpaired) electrons. The van der Waals surface area contributed by atoms with Crippen LogP contribution in [0.3, 0.4) is 0 Å². The summed E-state index contributed by atoms with van der Waals surface area (Å²) in [5.41, 5.74) is 6.65. The third-order valence-corrected chi connectivity index (χ3v) is 2.16. The lowest BCUT2D eigenvalue weighted by Gasteiger charge is -2.11. The predicted molar refractivity (Wildman–Crippen MR) is 54.9 cm³/mol. The normalized spacial score (nSPS) is 12.4. The molecule has 0 bridgehead atoms. The van der Waals surface area contributed by atoms with Crippen molar-refractivity contribution in [3.63, 3.8) is 0 Å². The van der Waals surface area contributed by atoms with E-state index in [1.165, 1.54) is 0 Å². The third-order valence-electron chi connectivity index (χ3n) is 2.16. The molecule has 1 rings (SSSR count). The van der Waals surface area contributed by atoms with Gasteiger partial charge in [-0.1, -0.05) is 30.3 Å². The number of carbonyl (C=O) groups is 1. The maximum atomic E-state index is 10.5. The molecule has 14 heavy (non-hydrogen) atoms. The van der Waals surface area contributed by atoms with Crippen molar-refractivity contribution in [2.24, 2.45) is 11.7 Å². The Balaban J connectivity index is 2.53. The van der Waals surface area contributed by atoms with Crippen LogP contribution in [0.2, 0.25) is 0 Å². The molecule has 3 nitrogen and oxygen atoms in total. The summed E-state index contributed by atoms with van der Waals surface area (Å²) in [4.78, 5) is 10.5. The Bertz CT molecular complexity index is 285. The Morgan fingerprint density at radius 1 is 1.36 bits per heavy atom. The number of hydrogen-bond donors (Lipinski definition) is 2. The average molecular weight is 193 g/mol. The molecule has 0 fully saturated rings. The van der Waals surface area contributed by atoms with Crippen molar-refractivity contribution in [2.75, 3.05) is 6.54 Å². The summed E-state index contributed by atoms with van der Waals surface area (Å²) < 4.78 is 0. The fourth-order valence-corrected chi connectivity index (χ4v) is 1.43. The van der Waals surface area contributed by atoms with Crippen molar-refractivity contribution in [2.45, 2.75) is 12.8 Å². The van der Waals surface area contributed by atoms with E-state index in [-0.39, 0.29) is 12.3 Å². The van der Waals surface area contributed by atoms with Gasteiger partial charge in [0, 0.05) is 6.42 Å². The Hall–Kier alpha value is -1.35. The van der Waals surface area contributed by atoms with Crippen LogP contribution in [0.4, 0.5) is 0 Å². The molecular weight excluding hydrogens is 178 g/mol.